The van der Waals surface area contributed by atoms with E-state index in [1.165, 1.54) is 27.9 Å². The predicted molar refractivity (Wildman–Crippen MR) is 205 cm³/mol. The Hall–Kier alpha value is -5.74. The minimum atomic E-state index is 0.281. The zero-order valence-electron chi connectivity index (χ0n) is 28.5. The van der Waals surface area contributed by atoms with Gasteiger partial charge in [-0.25, -0.2) is 4.98 Å². The lowest BCUT2D eigenvalue weighted by Gasteiger charge is -2.24. The number of hydrogen-bond donors (Lipinski definition) is 0. The van der Waals surface area contributed by atoms with Gasteiger partial charge in [0.05, 0.1) is 27.8 Å². The van der Waals surface area contributed by atoms with Crippen LogP contribution >= 0.6 is 0 Å². The molecule has 0 fully saturated rings. The SMILES string of the molecule is Cc1nc2ccccc2c2ccc3c4cccc(-c5nc6ccccc6n5-c5c(C(C)C)cc(-c6ccccc6)cc5C(C)C)c4oc3c12. The number of nitrogens with zero attached hydrogens (tertiary/aromatic N) is 3. The molecule has 49 heavy (non-hydrogen) atoms. The van der Waals surface area contributed by atoms with Crippen LogP contribution < -0.4 is 0 Å². The number of benzene rings is 6. The highest BCUT2D eigenvalue weighted by molar-refractivity contribution is 6.21. The van der Waals surface area contributed by atoms with Crippen molar-refractivity contribution >= 4 is 54.6 Å². The standard InChI is InChI=1S/C45H37N3O/c1-26(2)36-24-30(29-14-7-6-8-15-29)25-37(27(3)4)42(36)48-40-21-12-11-20-39(40)47-45(48)35-18-13-17-33-34-23-22-32-31-16-9-10-19-38(31)46-28(5)41(32)44(34)49-43(33)35/h6-27H,1-5H3. The van der Waals surface area contributed by atoms with Crippen LogP contribution in [0.4, 0.5) is 0 Å². The molecule has 0 spiro atoms. The van der Waals surface area contributed by atoms with Gasteiger partial charge in [-0.2, -0.15) is 0 Å². The summed E-state index contributed by atoms with van der Waals surface area (Å²) in [5.41, 5.74) is 13.0. The Morgan fingerprint density at radius 3 is 1.94 bits per heavy atom. The number of rotatable bonds is 5. The zero-order chi connectivity index (χ0) is 33.4. The molecule has 9 rings (SSSR count). The van der Waals surface area contributed by atoms with E-state index >= 15 is 0 Å². The van der Waals surface area contributed by atoms with E-state index in [-0.39, 0.29) is 11.8 Å². The molecule has 0 aliphatic rings. The van der Waals surface area contributed by atoms with E-state index < -0.39 is 0 Å². The highest BCUT2D eigenvalue weighted by atomic mass is 16.3. The summed E-state index contributed by atoms with van der Waals surface area (Å²) in [4.78, 5) is 10.4. The number of aromatic nitrogens is 3. The molecule has 0 bridgehead atoms. The van der Waals surface area contributed by atoms with Gasteiger partial charge in [0.25, 0.3) is 0 Å². The summed E-state index contributed by atoms with van der Waals surface area (Å²) in [6, 6.07) is 43.2. The van der Waals surface area contributed by atoms with Gasteiger partial charge in [0.1, 0.15) is 17.0 Å². The van der Waals surface area contributed by atoms with Crippen molar-refractivity contribution in [3.05, 3.63) is 138 Å². The highest BCUT2D eigenvalue weighted by Gasteiger charge is 2.26. The Kier molecular flexibility index (Phi) is 6.70. The number of furan rings is 1. The molecule has 3 heterocycles. The summed E-state index contributed by atoms with van der Waals surface area (Å²) in [6.07, 6.45) is 0. The van der Waals surface area contributed by atoms with E-state index in [1.807, 2.05) is 6.07 Å². The van der Waals surface area contributed by atoms with Crippen molar-refractivity contribution in [2.24, 2.45) is 0 Å². The van der Waals surface area contributed by atoms with Crippen LogP contribution in [0, 0.1) is 6.92 Å². The number of aryl methyl sites for hydroxylation is 1. The Balaban J connectivity index is 1.37. The first-order chi connectivity index (χ1) is 23.9. The van der Waals surface area contributed by atoms with E-state index in [1.54, 1.807) is 0 Å². The zero-order valence-corrected chi connectivity index (χ0v) is 28.5. The summed E-state index contributed by atoms with van der Waals surface area (Å²) in [7, 11) is 0. The molecule has 9 aromatic rings. The lowest BCUT2D eigenvalue weighted by Crippen LogP contribution is -2.09. The second-order valence-corrected chi connectivity index (χ2v) is 13.8. The van der Waals surface area contributed by atoms with Gasteiger partial charge in [0, 0.05) is 27.2 Å². The normalized spacial score (nSPS) is 12.1. The summed E-state index contributed by atoms with van der Waals surface area (Å²) >= 11 is 0. The Bertz CT molecular complexity index is 2700. The van der Waals surface area contributed by atoms with Crippen molar-refractivity contribution in [1.82, 2.24) is 14.5 Å². The van der Waals surface area contributed by atoms with Gasteiger partial charge in [-0.3, -0.25) is 9.55 Å². The smallest absolute Gasteiger partial charge is 0.149 e. The largest absolute Gasteiger partial charge is 0.455 e. The third-order valence-electron chi connectivity index (χ3n) is 10.1. The fourth-order valence-corrected chi connectivity index (χ4v) is 7.71. The minimum Gasteiger partial charge on any atom is -0.455 e. The molecule has 0 atom stereocenters. The van der Waals surface area contributed by atoms with Gasteiger partial charge in [-0.1, -0.05) is 107 Å². The highest BCUT2D eigenvalue weighted by Crippen LogP contribution is 2.44. The number of pyridine rings is 1. The van der Waals surface area contributed by atoms with Gasteiger partial charge in [0.2, 0.25) is 0 Å². The molecule has 0 radical (unpaired) electrons. The van der Waals surface area contributed by atoms with E-state index in [9.17, 15) is 0 Å². The lowest BCUT2D eigenvalue weighted by molar-refractivity contribution is 0.673. The molecule has 0 unspecified atom stereocenters. The van der Waals surface area contributed by atoms with E-state index in [0.717, 1.165) is 71.7 Å². The predicted octanol–water partition coefficient (Wildman–Crippen LogP) is 12.5. The second-order valence-electron chi connectivity index (χ2n) is 13.8. The maximum Gasteiger partial charge on any atom is 0.149 e. The molecule has 0 N–H and O–H groups in total. The van der Waals surface area contributed by atoms with Crippen molar-refractivity contribution in [3.8, 4) is 28.2 Å². The second kappa shape index (κ2) is 11.2. The van der Waals surface area contributed by atoms with Crippen LogP contribution in [0.15, 0.2) is 126 Å². The summed E-state index contributed by atoms with van der Waals surface area (Å²) in [6.45, 7) is 11.3. The first-order valence-electron chi connectivity index (χ1n) is 17.2. The number of hydrogen-bond acceptors (Lipinski definition) is 3. The van der Waals surface area contributed by atoms with Gasteiger partial charge in [-0.05, 0) is 88.9 Å². The Labute approximate surface area is 285 Å². The van der Waals surface area contributed by atoms with Crippen LogP contribution in [-0.4, -0.2) is 14.5 Å². The van der Waals surface area contributed by atoms with Gasteiger partial charge in [-0.15, -0.1) is 0 Å². The van der Waals surface area contributed by atoms with Crippen LogP contribution in [-0.2, 0) is 0 Å². The maximum absolute atomic E-state index is 7.01. The fourth-order valence-electron chi connectivity index (χ4n) is 7.71. The number of para-hydroxylation sites is 4. The maximum atomic E-state index is 7.01. The first-order valence-corrected chi connectivity index (χ1v) is 17.2. The van der Waals surface area contributed by atoms with Gasteiger partial charge < -0.3 is 4.42 Å². The molecule has 0 aliphatic heterocycles. The van der Waals surface area contributed by atoms with E-state index in [2.05, 4.69) is 154 Å². The molecule has 0 saturated carbocycles. The molecular formula is C45H37N3O. The average molecular weight is 636 g/mol. The molecule has 0 amide bonds. The fraction of sp³-hybridized carbons (Fsp3) is 0.156. The van der Waals surface area contributed by atoms with Gasteiger partial charge >= 0.3 is 0 Å². The Morgan fingerprint density at radius 1 is 0.551 bits per heavy atom. The molecule has 238 valence electrons. The van der Waals surface area contributed by atoms with E-state index in [0.29, 0.717) is 0 Å². The quantitative estimate of drug-likeness (QED) is 0.177. The van der Waals surface area contributed by atoms with Crippen molar-refractivity contribution < 1.29 is 4.42 Å². The monoisotopic (exact) mass is 635 g/mol. The molecular weight excluding hydrogens is 599 g/mol. The van der Waals surface area contributed by atoms with E-state index in [4.69, 9.17) is 14.4 Å². The van der Waals surface area contributed by atoms with Crippen molar-refractivity contribution in [2.45, 2.75) is 46.5 Å². The number of imidazole rings is 1. The summed E-state index contributed by atoms with van der Waals surface area (Å²) < 4.78 is 9.40. The van der Waals surface area contributed by atoms with Crippen LogP contribution in [0.2, 0.25) is 0 Å². The Morgan fingerprint density at radius 2 is 1.18 bits per heavy atom. The van der Waals surface area contributed by atoms with Crippen molar-refractivity contribution in [2.75, 3.05) is 0 Å². The van der Waals surface area contributed by atoms with Crippen LogP contribution in [0.5, 0.6) is 0 Å². The van der Waals surface area contributed by atoms with Crippen molar-refractivity contribution in [3.63, 3.8) is 0 Å². The average Bonchev–Trinajstić information content (AvgIpc) is 3.70. The lowest BCUT2D eigenvalue weighted by atomic mass is 9.88. The molecule has 0 aliphatic carbocycles. The molecule has 4 nitrogen and oxygen atoms in total. The van der Waals surface area contributed by atoms with Gasteiger partial charge in [0.15, 0.2) is 0 Å². The van der Waals surface area contributed by atoms with Crippen LogP contribution in [0.1, 0.15) is 56.4 Å². The molecule has 0 saturated heterocycles. The topological polar surface area (TPSA) is 43.9 Å². The first kappa shape index (κ1) is 29.4. The summed E-state index contributed by atoms with van der Waals surface area (Å²) in [5, 5.41) is 5.52. The summed E-state index contributed by atoms with van der Waals surface area (Å²) in [5.74, 6) is 1.44. The van der Waals surface area contributed by atoms with Crippen LogP contribution in [0.3, 0.4) is 0 Å². The third-order valence-corrected chi connectivity index (χ3v) is 10.1. The third kappa shape index (κ3) is 4.51. The van der Waals surface area contributed by atoms with Crippen LogP contribution in [0.25, 0.3) is 82.8 Å². The molecule has 4 heteroatoms. The number of fused-ring (bicyclic) bond motifs is 8. The molecule has 3 aromatic heterocycles. The molecule has 6 aromatic carbocycles. The minimum absolute atomic E-state index is 0.281. The van der Waals surface area contributed by atoms with Crippen molar-refractivity contribution in [1.29, 1.82) is 0 Å².